The molecule has 4 N–H and O–H groups in total. The van der Waals surface area contributed by atoms with Crippen LogP contribution in [0.3, 0.4) is 0 Å². The van der Waals surface area contributed by atoms with Gasteiger partial charge in [-0.25, -0.2) is 0 Å². The number of nitrogens with one attached hydrogen (secondary N) is 2. The molecule has 1 rings (SSSR count). The SMILES string of the molecule is Cc1ccc(NC(=S)NCCCP(=O)(O)O)cc1. The zero-order valence-corrected chi connectivity index (χ0v) is 11.8. The molecule has 5 nitrogen and oxygen atoms in total. The van der Waals surface area contributed by atoms with Gasteiger partial charge in [0.15, 0.2) is 5.11 Å². The van der Waals surface area contributed by atoms with Crippen molar-refractivity contribution in [3.05, 3.63) is 29.8 Å². The van der Waals surface area contributed by atoms with Crippen LogP contribution in [0.1, 0.15) is 12.0 Å². The molecule has 0 aromatic heterocycles. The van der Waals surface area contributed by atoms with Crippen LogP contribution in [0.5, 0.6) is 0 Å². The second kappa shape index (κ2) is 6.85. The van der Waals surface area contributed by atoms with Gasteiger partial charge in [-0.15, -0.1) is 0 Å². The molecule has 0 aliphatic rings. The molecule has 1 aromatic carbocycles. The van der Waals surface area contributed by atoms with Gasteiger partial charge in [0, 0.05) is 12.2 Å². The molecule has 18 heavy (non-hydrogen) atoms. The lowest BCUT2D eigenvalue weighted by Crippen LogP contribution is -2.29. The van der Waals surface area contributed by atoms with E-state index in [0.29, 0.717) is 18.1 Å². The Labute approximate surface area is 112 Å². The first-order chi connectivity index (χ1) is 8.37. The van der Waals surface area contributed by atoms with Crippen molar-refractivity contribution in [2.75, 3.05) is 18.0 Å². The fraction of sp³-hybridized carbons (Fsp3) is 0.364. The third kappa shape index (κ3) is 6.71. The summed E-state index contributed by atoms with van der Waals surface area (Å²) in [4.78, 5) is 17.4. The summed E-state index contributed by atoms with van der Waals surface area (Å²) in [6, 6.07) is 7.77. The van der Waals surface area contributed by atoms with Crippen molar-refractivity contribution in [1.82, 2.24) is 5.32 Å². The highest BCUT2D eigenvalue weighted by Gasteiger charge is 2.11. The summed E-state index contributed by atoms with van der Waals surface area (Å²) in [6.07, 6.45) is 0.243. The fourth-order valence-corrected chi connectivity index (χ4v) is 2.09. The Morgan fingerprint density at radius 1 is 1.33 bits per heavy atom. The standard InChI is InChI=1S/C11H17N2O3PS/c1-9-3-5-10(6-4-9)13-11(18)12-7-2-8-17(14,15)16/h3-6H,2,7-8H2,1H3,(H2,12,13,18)(H2,14,15,16). The second-order valence-corrected chi connectivity index (χ2v) is 6.17. The minimum absolute atomic E-state index is 0.132. The number of hydrogen-bond acceptors (Lipinski definition) is 2. The first-order valence-corrected chi connectivity index (χ1v) is 7.73. The highest BCUT2D eigenvalue weighted by molar-refractivity contribution is 7.80. The molecule has 0 saturated heterocycles. The summed E-state index contributed by atoms with van der Waals surface area (Å²) < 4.78 is 10.6. The van der Waals surface area contributed by atoms with E-state index in [1.807, 2.05) is 31.2 Å². The number of anilines is 1. The number of benzene rings is 1. The van der Waals surface area contributed by atoms with E-state index in [9.17, 15) is 4.57 Å². The molecular weight excluding hydrogens is 271 g/mol. The van der Waals surface area contributed by atoms with Crippen LogP contribution in [0.4, 0.5) is 5.69 Å². The van der Waals surface area contributed by atoms with Crippen molar-refractivity contribution in [3.63, 3.8) is 0 Å². The smallest absolute Gasteiger partial charge is 0.325 e. The van der Waals surface area contributed by atoms with Gasteiger partial charge in [0.25, 0.3) is 0 Å². The Morgan fingerprint density at radius 2 is 1.94 bits per heavy atom. The van der Waals surface area contributed by atoms with Gasteiger partial charge in [0.1, 0.15) is 0 Å². The van der Waals surface area contributed by atoms with Crippen molar-refractivity contribution in [3.8, 4) is 0 Å². The largest absolute Gasteiger partial charge is 0.362 e. The molecule has 0 spiro atoms. The van der Waals surface area contributed by atoms with Crippen LogP contribution in [0, 0.1) is 6.92 Å². The Morgan fingerprint density at radius 3 is 2.50 bits per heavy atom. The van der Waals surface area contributed by atoms with Crippen LogP contribution < -0.4 is 10.6 Å². The topological polar surface area (TPSA) is 81.6 Å². The van der Waals surface area contributed by atoms with E-state index < -0.39 is 7.60 Å². The molecule has 7 heteroatoms. The average Bonchev–Trinajstić information content (AvgIpc) is 2.26. The molecule has 0 heterocycles. The molecule has 0 saturated carbocycles. The maximum atomic E-state index is 10.6. The van der Waals surface area contributed by atoms with E-state index in [-0.39, 0.29) is 6.16 Å². The molecule has 0 aliphatic heterocycles. The molecule has 0 bridgehead atoms. The molecule has 0 radical (unpaired) electrons. The lowest BCUT2D eigenvalue weighted by molar-refractivity contribution is 0.371. The van der Waals surface area contributed by atoms with Gasteiger partial charge in [0.05, 0.1) is 6.16 Å². The van der Waals surface area contributed by atoms with Crippen LogP contribution in [0.15, 0.2) is 24.3 Å². The quantitative estimate of drug-likeness (QED) is 0.376. The molecule has 0 aliphatic carbocycles. The number of thiocarbonyl (C=S) groups is 1. The normalized spacial score (nSPS) is 11.1. The van der Waals surface area contributed by atoms with Gasteiger partial charge in [-0.1, -0.05) is 17.7 Å². The molecule has 1 aromatic rings. The van der Waals surface area contributed by atoms with Gasteiger partial charge < -0.3 is 20.4 Å². The van der Waals surface area contributed by atoms with Gasteiger partial charge in [-0.05, 0) is 37.7 Å². The van der Waals surface area contributed by atoms with Gasteiger partial charge >= 0.3 is 7.60 Å². The monoisotopic (exact) mass is 288 g/mol. The first-order valence-electron chi connectivity index (χ1n) is 5.53. The van der Waals surface area contributed by atoms with E-state index in [1.165, 1.54) is 5.56 Å². The molecule has 0 amide bonds. The third-order valence-electron chi connectivity index (χ3n) is 2.22. The molecule has 0 atom stereocenters. The summed E-state index contributed by atoms with van der Waals surface area (Å²) in [6.45, 7) is 2.44. The lowest BCUT2D eigenvalue weighted by atomic mass is 10.2. The Bertz CT molecular complexity index is 444. The zero-order chi connectivity index (χ0) is 13.6. The fourth-order valence-electron chi connectivity index (χ4n) is 1.30. The maximum Gasteiger partial charge on any atom is 0.325 e. The predicted molar refractivity (Wildman–Crippen MR) is 76.9 cm³/mol. The van der Waals surface area contributed by atoms with Crippen molar-refractivity contribution in [2.45, 2.75) is 13.3 Å². The van der Waals surface area contributed by atoms with E-state index >= 15 is 0 Å². The maximum absolute atomic E-state index is 10.6. The van der Waals surface area contributed by atoms with Crippen molar-refractivity contribution in [2.24, 2.45) is 0 Å². The van der Waals surface area contributed by atoms with Gasteiger partial charge in [0.2, 0.25) is 0 Å². The van der Waals surface area contributed by atoms with Crippen LogP contribution in [0.2, 0.25) is 0 Å². The number of hydrogen-bond donors (Lipinski definition) is 4. The summed E-state index contributed by atoms with van der Waals surface area (Å²) in [5, 5.41) is 6.34. The second-order valence-electron chi connectivity index (χ2n) is 3.99. The number of aryl methyl sites for hydroxylation is 1. The summed E-state index contributed by atoms with van der Waals surface area (Å²) in [7, 11) is -3.90. The van der Waals surface area contributed by atoms with Gasteiger partial charge in [-0.2, -0.15) is 0 Å². The van der Waals surface area contributed by atoms with E-state index in [2.05, 4.69) is 10.6 Å². The van der Waals surface area contributed by atoms with E-state index in [1.54, 1.807) is 0 Å². The Balaban J connectivity index is 2.26. The average molecular weight is 288 g/mol. The zero-order valence-electron chi connectivity index (χ0n) is 10.1. The van der Waals surface area contributed by atoms with Crippen LogP contribution in [0.25, 0.3) is 0 Å². The molecule has 0 fully saturated rings. The lowest BCUT2D eigenvalue weighted by Gasteiger charge is -2.10. The molecular formula is C11H17N2O3PS. The van der Waals surface area contributed by atoms with Crippen LogP contribution in [-0.4, -0.2) is 27.6 Å². The highest BCUT2D eigenvalue weighted by Crippen LogP contribution is 2.34. The van der Waals surface area contributed by atoms with Crippen molar-refractivity contribution < 1.29 is 14.4 Å². The van der Waals surface area contributed by atoms with Gasteiger partial charge in [-0.3, -0.25) is 4.57 Å². The van der Waals surface area contributed by atoms with E-state index in [4.69, 9.17) is 22.0 Å². The Hall–Kier alpha value is -0.940. The third-order valence-corrected chi connectivity index (χ3v) is 3.37. The minimum atomic E-state index is -3.90. The van der Waals surface area contributed by atoms with E-state index in [0.717, 1.165) is 5.69 Å². The summed E-state index contributed by atoms with van der Waals surface area (Å²) in [5.41, 5.74) is 2.05. The van der Waals surface area contributed by atoms with Crippen molar-refractivity contribution >= 4 is 30.6 Å². The Kier molecular flexibility index (Phi) is 5.75. The summed E-state index contributed by atoms with van der Waals surface area (Å²) in [5.74, 6) is 0. The van der Waals surface area contributed by atoms with Crippen LogP contribution in [-0.2, 0) is 4.57 Å². The first kappa shape index (κ1) is 15.1. The molecule has 0 unspecified atom stereocenters. The summed E-state index contributed by atoms with van der Waals surface area (Å²) >= 11 is 5.06. The van der Waals surface area contributed by atoms with Crippen molar-refractivity contribution in [1.29, 1.82) is 0 Å². The minimum Gasteiger partial charge on any atom is -0.362 e. The predicted octanol–water partition coefficient (Wildman–Crippen LogP) is 1.85. The van der Waals surface area contributed by atoms with Crippen LogP contribution >= 0.6 is 19.8 Å². The number of rotatable bonds is 5. The highest BCUT2D eigenvalue weighted by atomic mass is 32.1. The molecule has 100 valence electrons.